The zero-order valence-corrected chi connectivity index (χ0v) is 19.3. The Morgan fingerprint density at radius 2 is 1.85 bits per heavy atom. The molecule has 1 saturated heterocycles. The van der Waals surface area contributed by atoms with Gasteiger partial charge in [0.05, 0.1) is 6.61 Å². The van der Waals surface area contributed by atoms with Gasteiger partial charge in [-0.25, -0.2) is 18.0 Å². The maximum Gasteiger partial charge on any atom is 0.321 e. The number of amides is 2. The molecule has 2 aliphatic heterocycles. The second-order valence-corrected chi connectivity index (χ2v) is 8.98. The van der Waals surface area contributed by atoms with Gasteiger partial charge in [0.1, 0.15) is 23.8 Å². The zero-order valence-electron chi connectivity index (χ0n) is 19.3. The Hall–Kier alpha value is -2.84. The highest BCUT2D eigenvalue weighted by Gasteiger charge is 2.46. The molecule has 5 nitrogen and oxygen atoms in total. The summed E-state index contributed by atoms with van der Waals surface area (Å²) in [5, 5.41) is 10.6. The van der Waals surface area contributed by atoms with Crippen LogP contribution < -0.4 is 0 Å². The molecule has 0 aliphatic carbocycles. The fourth-order valence-electron chi connectivity index (χ4n) is 5.05. The van der Waals surface area contributed by atoms with Gasteiger partial charge in [-0.2, -0.15) is 0 Å². The molecule has 0 saturated carbocycles. The summed E-state index contributed by atoms with van der Waals surface area (Å²) < 4.78 is 41.3. The van der Waals surface area contributed by atoms with Crippen LogP contribution >= 0.6 is 0 Å². The van der Waals surface area contributed by atoms with Gasteiger partial charge in [-0.3, -0.25) is 0 Å². The monoisotopic (exact) mass is 473 g/mol. The first-order valence-electron chi connectivity index (χ1n) is 11.6. The van der Waals surface area contributed by atoms with Crippen molar-refractivity contribution in [3.05, 3.63) is 77.4 Å². The fraction of sp³-hybridized carbons (Fsp3) is 0.423. The Balaban J connectivity index is 1.66. The predicted molar refractivity (Wildman–Crippen MR) is 125 cm³/mol. The van der Waals surface area contributed by atoms with Crippen molar-refractivity contribution < 1.29 is 23.1 Å². The van der Waals surface area contributed by atoms with Gasteiger partial charge in [0.25, 0.3) is 0 Å². The molecule has 2 aromatic carbocycles. The van der Waals surface area contributed by atoms with Crippen LogP contribution in [0.15, 0.2) is 54.6 Å². The molecule has 0 radical (unpaired) electrons. The molecule has 1 fully saturated rings. The van der Waals surface area contributed by atoms with E-state index in [2.05, 4.69) is 0 Å². The predicted octanol–water partition coefficient (Wildman–Crippen LogP) is 4.04. The third kappa shape index (κ3) is 4.57. The van der Waals surface area contributed by atoms with Crippen molar-refractivity contribution in [3.8, 4) is 0 Å². The van der Waals surface area contributed by atoms with Crippen LogP contribution in [0.5, 0.6) is 0 Å². The molecule has 34 heavy (non-hydrogen) atoms. The maximum absolute atomic E-state index is 14.6. The van der Waals surface area contributed by atoms with Crippen LogP contribution in [0.2, 0.25) is 0 Å². The molecule has 2 heterocycles. The highest BCUT2D eigenvalue weighted by Crippen LogP contribution is 2.41. The smallest absolute Gasteiger partial charge is 0.321 e. The van der Waals surface area contributed by atoms with Crippen molar-refractivity contribution >= 4 is 11.6 Å². The number of rotatable bonds is 6. The first-order chi connectivity index (χ1) is 16.4. The van der Waals surface area contributed by atoms with Crippen LogP contribution in [0.3, 0.4) is 0 Å². The number of halogens is 3. The normalized spacial score (nSPS) is 21.6. The molecule has 0 aromatic heterocycles. The number of carbonyl (C=O) groups is 1. The van der Waals surface area contributed by atoms with Crippen molar-refractivity contribution in [1.29, 1.82) is 0 Å². The number of aliphatic hydroxyl groups excluding tert-OH is 1. The number of carbonyl (C=O) groups excluding carboxylic acids is 1. The SMILES string of the molecule is CN(C(=O)N1CC(c2cc(F)ccc2F)=C[C@@]1(CO)c1ccccc1)C1CCN(CCF)CC1. The minimum atomic E-state index is -1.21. The van der Waals surface area contributed by atoms with Gasteiger partial charge in [-0.15, -0.1) is 0 Å². The summed E-state index contributed by atoms with van der Waals surface area (Å²) in [6.07, 6.45) is 3.11. The number of alkyl halides is 1. The summed E-state index contributed by atoms with van der Waals surface area (Å²) in [5.74, 6) is -1.16. The van der Waals surface area contributed by atoms with Gasteiger partial charge in [0, 0.05) is 44.8 Å². The van der Waals surface area contributed by atoms with Crippen molar-refractivity contribution in [2.24, 2.45) is 0 Å². The quantitative estimate of drug-likeness (QED) is 0.689. The lowest BCUT2D eigenvalue weighted by atomic mass is 9.89. The largest absolute Gasteiger partial charge is 0.393 e. The molecule has 0 bridgehead atoms. The standard InChI is InChI=1S/C26H30F3N3O2/c1-30(22-9-12-31(13-10-22)14-11-27)25(34)32-17-19(23-15-21(28)7-8-24(23)29)16-26(32,18-33)20-5-3-2-4-6-20/h2-8,15-16,22,33H,9-14,17-18H2,1H3/t26-/m1/s1. The van der Waals surface area contributed by atoms with E-state index in [0.29, 0.717) is 43.6 Å². The van der Waals surface area contributed by atoms with E-state index >= 15 is 0 Å². The van der Waals surface area contributed by atoms with E-state index in [0.717, 1.165) is 18.2 Å². The Labute approximate surface area is 198 Å². The summed E-state index contributed by atoms with van der Waals surface area (Å²) in [6, 6.07) is 12.0. The summed E-state index contributed by atoms with van der Waals surface area (Å²) in [4.78, 5) is 19.0. The second-order valence-electron chi connectivity index (χ2n) is 8.98. The van der Waals surface area contributed by atoms with E-state index in [9.17, 15) is 23.1 Å². The van der Waals surface area contributed by atoms with Gasteiger partial charge < -0.3 is 19.8 Å². The molecule has 182 valence electrons. The lowest BCUT2D eigenvalue weighted by Gasteiger charge is -2.42. The zero-order chi connectivity index (χ0) is 24.3. The molecule has 8 heteroatoms. The topological polar surface area (TPSA) is 47.0 Å². The number of nitrogens with zero attached hydrogens (tertiary/aromatic N) is 3. The van der Waals surface area contributed by atoms with Gasteiger partial charge in [0.15, 0.2) is 0 Å². The van der Waals surface area contributed by atoms with Crippen LogP contribution in [-0.4, -0.2) is 78.4 Å². The summed E-state index contributed by atoms with van der Waals surface area (Å²) in [5.41, 5.74) is -0.0141. The first-order valence-corrected chi connectivity index (χ1v) is 11.6. The highest BCUT2D eigenvalue weighted by molar-refractivity contribution is 5.83. The number of hydrogen-bond donors (Lipinski definition) is 1. The van der Waals surface area contributed by atoms with Crippen molar-refractivity contribution in [2.75, 3.05) is 46.5 Å². The van der Waals surface area contributed by atoms with Crippen molar-refractivity contribution in [2.45, 2.75) is 24.4 Å². The van der Waals surface area contributed by atoms with Crippen LogP contribution in [0.4, 0.5) is 18.0 Å². The molecule has 1 atom stereocenters. The Kier molecular flexibility index (Phi) is 7.28. The molecular formula is C26H30F3N3O2. The van der Waals surface area contributed by atoms with Gasteiger partial charge in [0.2, 0.25) is 0 Å². The molecular weight excluding hydrogens is 443 g/mol. The third-order valence-corrected chi connectivity index (χ3v) is 7.05. The molecule has 1 N–H and O–H groups in total. The van der Waals surface area contributed by atoms with Crippen LogP contribution in [0, 0.1) is 11.6 Å². The Bertz CT molecular complexity index is 1040. The molecule has 2 aromatic rings. The molecule has 0 unspecified atom stereocenters. The molecule has 2 aliphatic rings. The van der Waals surface area contributed by atoms with Crippen LogP contribution in [0.25, 0.3) is 5.57 Å². The number of likely N-dealkylation sites (tertiary alicyclic amines) is 1. The summed E-state index contributed by atoms with van der Waals surface area (Å²) in [6.45, 7) is 1.02. The fourth-order valence-corrected chi connectivity index (χ4v) is 5.05. The van der Waals surface area contributed by atoms with E-state index < -0.39 is 30.5 Å². The van der Waals surface area contributed by atoms with E-state index in [1.807, 2.05) is 35.2 Å². The lowest BCUT2D eigenvalue weighted by Crippen LogP contribution is -2.55. The van der Waals surface area contributed by atoms with Crippen molar-refractivity contribution in [3.63, 3.8) is 0 Å². The molecule has 0 spiro atoms. The van der Waals surface area contributed by atoms with E-state index in [4.69, 9.17) is 0 Å². The Morgan fingerprint density at radius 1 is 1.15 bits per heavy atom. The van der Waals surface area contributed by atoms with E-state index in [1.54, 1.807) is 18.0 Å². The van der Waals surface area contributed by atoms with Gasteiger partial charge >= 0.3 is 6.03 Å². The van der Waals surface area contributed by atoms with Gasteiger partial charge in [-0.1, -0.05) is 30.3 Å². The second kappa shape index (κ2) is 10.2. The summed E-state index contributed by atoms with van der Waals surface area (Å²) >= 11 is 0. The average Bonchev–Trinajstić information content (AvgIpc) is 3.26. The van der Waals surface area contributed by atoms with E-state index in [1.165, 1.54) is 4.90 Å². The average molecular weight is 474 g/mol. The van der Waals surface area contributed by atoms with Gasteiger partial charge in [-0.05, 0) is 48.3 Å². The maximum atomic E-state index is 14.6. The molecule has 2 amide bonds. The number of aliphatic hydroxyl groups is 1. The number of urea groups is 1. The Morgan fingerprint density at radius 3 is 2.50 bits per heavy atom. The first kappa shape index (κ1) is 24.3. The van der Waals surface area contributed by atoms with Crippen LogP contribution in [0.1, 0.15) is 24.0 Å². The number of piperidine rings is 1. The van der Waals surface area contributed by atoms with E-state index in [-0.39, 0.29) is 24.2 Å². The number of benzene rings is 2. The summed E-state index contributed by atoms with van der Waals surface area (Å²) in [7, 11) is 1.73. The molecule has 4 rings (SSSR count). The minimum Gasteiger partial charge on any atom is -0.393 e. The van der Waals surface area contributed by atoms with Crippen molar-refractivity contribution in [1.82, 2.24) is 14.7 Å². The minimum absolute atomic E-state index is 0.0275. The number of hydrogen-bond acceptors (Lipinski definition) is 3. The van der Waals surface area contributed by atoms with Crippen LogP contribution in [-0.2, 0) is 5.54 Å². The third-order valence-electron chi connectivity index (χ3n) is 7.05. The highest BCUT2D eigenvalue weighted by atomic mass is 19.1. The lowest BCUT2D eigenvalue weighted by molar-refractivity contribution is 0.0676.